The Morgan fingerprint density at radius 3 is 2.17 bits per heavy atom. The van der Waals surface area contributed by atoms with E-state index in [1.54, 1.807) is 12.2 Å². The van der Waals surface area contributed by atoms with E-state index < -0.39 is 5.97 Å². The lowest BCUT2D eigenvalue weighted by Gasteiger charge is -2.12. The van der Waals surface area contributed by atoms with Gasteiger partial charge in [-0.3, -0.25) is 5.26 Å². The van der Waals surface area contributed by atoms with Crippen LogP contribution in [0.1, 0.15) is 64.7 Å². The molecule has 0 amide bonds. The maximum atomic E-state index is 10.2. The van der Waals surface area contributed by atoms with Crippen LogP contribution in [0.2, 0.25) is 0 Å². The van der Waals surface area contributed by atoms with Crippen molar-refractivity contribution in [2.24, 2.45) is 0 Å². The average Bonchev–Trinajstić information content (AvgIpc) is 2.57. The number of rotatable bonds is 15. The van der Waals surface area contributed by atoms with Gasteiger partial charge in [0.25, 0.3) is 0 Å². The lowest BCUT2D eigenvalue weighted by molar-refractivity contribution is -0.281. The van der Waals surface area contributed by atoms with Crippen molar-refractivity contribution in [3.05, 3.63) is 48.6 Å². The van der Waals surface area contributed by atoms with E-state index in [-0.39, 0.29) is 6.10 Å². The van der Waals surface area contributed by atoms with Gasteiger partial charge in [0.1, 0.15) is 0 Å². The molecule has 0 aromatic rings. The molecule has 24 heavy (non-hydrogen) atoms. The first kappa shape index (κ1) is 22.4. The van der Waals surface area contributed by atoms with Gasteiger partial charge in [-0.05, 0) is 25.7 Å². The number of carbonyl (C=O) groups is 1. The van der Waals surface area contributed by atoms with Gasteiger partial charge in [-0.25, -0.2) is 9.68 Å². The summed E-state index contributed by atoms with van der Waals surface area (Å²) < 4.78 is 0. The lowest BCUT2D eigenvalue weighted by atomic mass is 10.0. The van der Waals surface area contributed by atoms with E-state index in [4.69, 9.17) is 10.4 Å². The van der Waals surface area contributed by atoms with Crippen molar-refractivity contribution in [3.8, 4) is 0 Å². The number of unbranched alkanes of at least 4 members (excludes halogenated alkanes) is 5. The minimum absolute atomic E-state index is 0.00279. The van der Waals surface area contributed by atoms with E-state index in [1.807, 2.05) is 18.2 Å². The topological polar surface area (TPSA) is 66.8 Å². The standard InChI is InChI=1S/C20H32O4/c1-2-3-13-16-19(24-23)17-14-11-9-7-5-4-6-8-10-12-15-18-20(21)22/h4-6,8,10,12,15,18-19,23H,2-3,7,9,11,13-14,16-17H2,1H3,(H,21,22)/b5-4+,8-6+,12-10+,18-15+/t19-/m0/s1. The van der Waals surface area contributed by atoms with Gasteiger partial charge in [-0.1, -0.05) is 81.6 Å². The van der Waals surface area contributed by atoms with Crippen molar-refractivity contribution < 1.29 is 20.0 Å². The molecule has 0 aromatic carbocycles. The third-order valence-electron chi connectivity index (χ3n) is 3.61. The zero-order valence-corrected chi connectivity index (χ0v) is 14.8. The second kappa shape index (κ2) is 17.7. The predicted octanol–water partition coefficient (Wildman–Crippen LogP) is 5.68. The van der Waals surface area contributed by atoms with Crippen LogP contribution in [0.25, 0.3) is 0 Å². The molecule has 1 atom stereocenters. The molecule has 4 heteroatoms. The van der Waals surface area contributed by atoms with E-state index in [9.17, 15) is 4.79 Å². The van der Waals surface area contributed by atoms with E-state index >= 15 is 0 Å². The molecule has 4 nitrogen and oxygen atoms in total. The minimum Gasteiger partial charge on any atom is -0.478 e. The zero-order valence-electron chi connectivity index (χ0n) is 14.8. The van der Waals surface area contributed by atoms with Gasteiger partial charge in [0, 0.05) is 6.08 Å². The Balaban J connectivity index is 3.59. The first-order chi connectivity index (χ1) is 11.7. The highest BCUT2D eigenvalue weighted by atomic mass is 17.1. The summed E-state index contributed by atoms with van der Waals surface area (Å²) in [6, 6.07) is 0. The minimum atomic E-state index is -0.943. The van der Waals surface area contributed by atoms with Gasteiger partial charge in [-0.2, -0.15) is 0 Å². The van der Waals surface area contributed by atoms with E-state index in [1.165, 1.54) is 18.9 Å². The molecule has 0 saturated heterocycles. The van der Waals surface area contributed by atoms with Gasteiger partial charge >= 0.3 is 5.97 Å². The van der Waals surface area contributed by atoms with Crippen molar-refractivity contribution >= 4 is 5.97 Å². The van der Waals surface area contributed by atoms with E-state index in [2.05, 4.69) is 17.9 Å². The number of aliphatic carboxylic acids is 1. The van der Waals surface area contributed by atoms with Crippen molar-refractivity contribution in [2.45, 2.75) is 70.8 Å². The maximum absolute atomic E-state index is 10.2. The van der Waals surface area contributed by atoms with Crippen LogP contribution in [0.5, 0.6) is 0 Å². The molecule has 0 spiro atoms. The first-order valence-electron chi connectivity index (χ1n) is 8.90. The fraction of sp³-hybridized carbons (Fsp3) is 0.550. The summed E-state index contributed by atoms with van der Waals surface area (Å²) in [7, 11) is 0. The summed E-state index contributed by atoms with van der Waals surface area (Å²) in [6.07, 6.45) is 23.7. The Hall–Kier alpha value is -1.65. The summed E-state index contributed by atoms with van der Waals surface area (Å²) in [6.45, 7) is 2.17. The Morgan fingerprint density at radius 1 is 0.917 bits per heavy atom. The molecule has 0 aliphatic heterocycles. The Labute approximate surface area is 146 Å². The largest absolute Gasteiger partial charge is 0.478 e. The van der Waals surface area contributed by atoms with E-state index in [0.717, 1.165) is 51.0 Å². The van der Waals surface area contributed by atoms with Crippen molar-refractivity contribution in [3.63, 3.8) is 0 Å². The third-order valence-corrected chi connectivity index (χ3v) is 3.61. The van der Waals surface area contributed by atoms with Gasteiger partial charge < -0.3 is 5.11 Å². The van der Waals surface area contributed by atoms with Crippen LogP contribution in [0.4, 0.5) is 0 Å². The second-order valence-electron chi connectivity index (χ2n) is 5.76. The molecule has 0 radical (unpaired) electrons. The van der Waals surface area contributed by atoms with Crippen molar-refractivity contribution in [1.82, 2.24) is 0 Å². The summed E-state index contributed by atoms with van der Waals surface area (Å²) in [5.41, 5.74) is 0. The van der Waals surface area contributed by atoms with Crippen LogP contribution >= 0.6 is 0 Å². The fourth-order valence-corrected chi connectivity index (χ4v) is 2.25. The fourth-order valence-electron chi connectivity index (χ4n) is 2.25. The zero-order chi connectivity index (χ0) is 17.9. The van der Waals surface area contributed by atoms with Gasteiger partial charge in [0.2, 0.25) is 0 Å². The monoisotopic (exact) mass is 336 g/mol. The molecular formula is C20H32O4. The maximum Gasteiger partial charge on any atom is 0.328 e. The molecule has 2 N–H and O–H groups in total. The molecule has 0 heterocycles. The molecular weight excluding hydrogens is 304 g/mol. The summed E-state index contributed by atoms with van der Waals surface area (Å²) in [5, 5.41) is 17.3. The number of hydrogen-bond donors (Lipinski definition) is 2. The van der Waals surface area contributed by atoms with Gasteiger partial charge in [0.15, 0.2) is 0 Å². The molecule has 0 unspecified atom stereocenters. The predicted molar refractivity (Wildman–Crippen MR) is 98.9 cm³/mol. The highest BCUT2D eigenvalue weighted by Crippen LogP contribution is 2.14. The summed E-state index contributed by atoms with van der Waals surface area (Å²) in [5.74, 6) is -0.943. The lowest BCUT2D eigenvalue weighted by Crippen LogP contribution is -2.10. The van der Waals surface area contributed by atoms with Crippen molar-refractivity contribution in [2.75, 3.05) is 0 Å². The highest BCUT2D eigenvalue weighted by Gasteiger charge is 2.07. The molecule has 0 aliphatic carbocycles. The quantitative estimate of drug-likeness (QED) is 0.133. The van der Waals surface area contributed by atoms with Crippen LogP contribution in [-0.2, 0) is 9.68 Å². The van der Waals surface area contributed by atoms with Crippen molar-refractivity contribution in [1.29, 1.82) is 0 Å². The molecule has 0 aliphatic rings. The molecule has 0 rings (SSSR count). The Bertz CT molecular complexity index is 408. The number of allylic oxidation sites excluding steroid dienone is 7. The van der Waals surface area contributed by atoms with Crippen LogP contribution in [0.3, 0.4) is 0 Å². The van der Waals surface area contributed by atoms with Crippen LogP contribution in [-0.4, -0.2) is 22.4 Å². The smallest absolute Gasteiger partial charge is 0.328 e. The number of hydrogen-bond acceptors (Lipinski definition) is 3. The molecule has 136 valence electrons. The van der Waals surface area contributed by atoms with Crippen LogP contribution in [0, 0.1) is 0 Å². The summed E-state index contributed by atoms with van der Waals surface area (Å²) >= 11 is 0. The molecule has 0 saturated carbocycles. The number of carboxylic acids is 1. The third kappa shape index (κ3) is 16.7. The normalized spacial score (nSPS) is 13.8. The molecule has 0 fully saturated rings. The molecule has 0 aromatic heterocycles. The molecule has 0 bridgehead atoms. The SMILES string of the molecule is CCCCC[C@@H](CCCCC/C=C/C=C/C=C/C=C/C(=O)O)OO. The van der Waals surface area contributed by atoms with Gasteiger partial charge in [-0.15, -0.1) is 0 Å². The van der Waals surface area contributed by atoms with Gasteiger partial charge in [0.05, 0.1) is 6.10 Å². The average molecular weight is 336 g/mol. The highest BCUT2D eigenvalue weighted by molar-refractivity contribution is 5.80. The van der Waals surface area contributed by atoms with Crippen LogP contribution < -0.4 is 0 Å². The number of carboxylic acid groups (broad SMARTS) is 1. The first-order valence-corrected chi connectivity index (χ1v) is 8.90. The second-order valence-corrected chi connectivity index (χ2v) is 5.76. The Kier molecular flexibility index (Phi) is 16.5. The van der Waals surface area contributed by atoms with Crippen LogP contribution in [0.15, 0.2) is 48.6 Å². The Morgan fingerprint density at radius 2 is 1.54 bits per heavy atom. The summed E-state index contributed by atoms with van der Waals surface area (Å²) in [4.78, 5) is 14.8. The van der Waals surface area contributed by atoms with E-state index in [0.29, 0.717) is 0 Å².